The van der Waals surface area contributed by atoms with Gasteiger partial charge in [0.2, 0.25) is 5.91 Å². The number of nitrogens with one attached hydrogen (secondary N) is 1. The van der Waals surface area contributed by atoms with Gasteiger partial charge >= 0.3 is 0 Å². The topological polar surface area (TPSA) is 61.8 Å². The molecular formula is C19H18FN3O2. The van der Waals surface area contributed by atoms with E-state index in [0.29, 0.717) is 30.8 Å². The maximum Gasteiger partial charge on any atom is 0.267 e. The Hall–Kier alpha value is -3.02. The molecule has 0 saturated carbocycles. The van der Waals surface area contributed by atoms with E-state index >= 15 is 0 Å². The van der Waals surface area contributed by atoms with Crippen LogP contribution in [0.4, 0.5) is 10.1 Å². The molecule has 0 aliphatic carbocycles. The van der Waals surface area contributed by atoms with Gasteiger partial charge in [0.25, 0.3) is 5.91 Å². The van der Waals surface area contributed by atoms with Gasteiger partial charge in [-0.1, -0.05) is 30.3 Å². The molecule has 0 bridgehead atoms. The molecule has 1 N–H and O–H groups in total. The zero-order valence-electron chi connectivity index (χ0n) is 13.6. The molecule has 2 aromatic rings. The summed E-state index contributed by atoms with van der Waals surface area (Å²) >= 11 is 0. The maximum absolute atomic E-state index is 13.1. The molecule has 2 aromatic carbocycles. The molecule has 0 saturated heterocycles. The van der Waals surface area contributed by atoms with Crippen LogP contribution in [0.2, 0.25) is 0 Å². The predicted octanol–water partition coefficient (Wildman–Crippen LogP) is 2.67. The average molecular weight is 339 g/mol. The van der Waals surface area contributed by atoms with Gasteiger partial charge in [-0.2, -0.15) is 5.10 Å². The van der Waals surface area contributed by atoms with Gasteiger partial charge < -0.3 is 5.32 Å². The minimum Gasteiger partial charge on any atom is -0.351 e. The van der Waals surface area contributed by atoms with Crippen molar-refractivity contribution in [1.82, 2.24) is 5.32 Å². The molecule has 6 heteroatoms. The molecule has 2 amide bonds. The molecule has 25 heavy (non-hydrogen) atoms. The van der Waals surface area contributed by atoms with Crippen LogP contribution in [0.3, 0.4) is 0 Å². The van der Waals surface area contributed by atoms with E-state index in [9.17, 15) is 14.0 Å². The fourth-order valence-corrected chi connectivity index (χ4v) is 2.60. The molecule has 0 radical (unpaired) electrons. The number of hydrogen-bond acceptors (Lipinski definition) is 3. The standard InChI is InChI=1S/C19H18FN3O2/c20-15-6-4-5-14(13-15)11-12-21-19(25)17-9-10-18(24)23(22-17)16-7-2-1-3-8-16/h1-8,13H,9-12H2,(H,21,25). The van der Waals surface area contributed by atoms with E-state index in [-0.39, 0.29) is 24.1 Å². The third kappa shape index (κ3) is 4.29. The fraction of sp³-hybridized carbons (Fsp3) is 0.211. The number of benzene rings is 2. The number of nitrogens with zero attached hydrogens (tertiary/aromatic N) is 2. The summed E-state index contributed by atoms with van der Waals surface area (Å²) in [5, 5.41) is 8.25. The molecule has 0 spiro atoms. The lowest BCUT2D eigenvalue weighted by Crippen LogP contribution is -2.39. The van der Waals surface area contributed by atoms with E-state index < -0.39 is 0 Å². The van der Waals surface area contributed by atoms with Gasteiger partial charge in [-0.25, -0.2) is 9.40 Å². The predicted molar refractivity (Wildman–Crippen MR) is 93.7 cm³/mol. The van der Waals surface area contributed by atoms with Crippen LogP contribution in [0.15, 0.2) is 59.7 Å². The Balaban J connectivity index is 1.62. The maximum atomic E-state index is 13.1. The second kappa shape index (κ2) is 7.70. The van der Waals surface area contributed by atoms with Crippen LogP contribution in [0.5, 0.6) is 0 Å². The van der Waals surface area contributed by atoms with Gasteiger partial charge in [-0.15, -0.1) is 0 Å². The SMILES string of the molecule is O=C(NCCc1cccc(F)c1)C1=NN(c2ccccc2)C(=O)CC1. The van der Waals surface area contributed by atoms with Crippen molar-refractivity contribution in [2.75, 3.05) is 11.6 Å². The number of para-hydroxylation sites is 1. The van der Waals surface area contributed by atoms with Crippen molar-refractivity contribution in [3.63, 3.8) is 0 Å². The first-order valence-corrected chi connectivity index (χ1v) is 8.11. The minimum atomic E-state index is -0.301. The van der Waals surface area contributed by atoms with Crippen LogP contribution >= 0.6 is 0 Å². The van der Waals surface area contributed by atoms with Crippen molar-refractivity contribution >= 4 is 23.2 Å². The quantitative estimate of drug-likeness (QED) is 0.910. The number of hydrogen-bond donors (Lipinski definition) is 1. The number of carbonyl (C=O) groups excluding carboxylic acids is 2. The van der Waals surface area contributed by atoms with Crippen LogP contribution in [0, 0.1) is 5.82 Å². The van der Waals surface area contributed by atoms with Crippen molar-refractivity contribution in [2.45, 2.75) is 19.3 Å². The summed E-state index contributed by atoms with van der Waals surface area (Å²) in [7, 11) is 0. The highest BCUT2D eigenvalue weighted by Crippen LogP contribution is 2.19. The highest BCUT2D eigenvalue weighted by atomic mass is 19.1. The lowest BCUT2D eigenvalue weighted by Gasteiger charge is -2.23. The van der Waals surface area contributed by atoms with E-state index in [1.54, 1.807) is 18.2 Å². The van der Waals surface area contributed by atoms with E-state index in [4.69, 9.17) is 0 Å². The monoisotopic (exact) mass is 339 g/mol. The molecule has 5 nitrogen and oxygen atoms in total. The average Bonchev–Trinajstić information content (AvgIpc) is 2.63. The molecule has 3 rings (SSSR count). The molecular weight excluding hydrogens is 321 g/mol. The van der Waals surface area contributed by atoms with Gasteiger partial charge in [0.1, 0.15) is 11.5 Å². The minimum absolute atomic E-state index is 0.137. The summed E-state index contributed by atoms with van der Waals surface area (Å²) < 4.78 is 13.1. The smallest absolute Gasteiger partial charge is 0.267 e. The zero-order valence-corrected chi connectivity index (χ0v) is 13.6. The van der Waals surface area contributed by atoms with E-state index in [2.05, 4.69) is 10.4 Å². The lowest BCUT2D eigenvalue weighted by molar-refractivity contribution is -0.118. The van der Waals surface area contributed by atoms with Crippen molar-refractivity contribution in [1.29, 1.82) is 0 Å². The molecule has 1 aliphatic heterocycles. The Bertz CT molecular complexity index is 805. The first-order valence-electron chi connectivity index (χ1n) is 8.11. The third-order valence-electron chi connectivity index (χ3n) is 3.88. The summed E-state index contributed by atoms with van der Waals surface area (Å²) in [5.74, 6) is -0.732. The summed E-state index contributed by atoms with van der Waals surface area (Å²) in [6, 6.07) is 15.3. The first-order chi connectivity index (χ1) is 12.1. The van der Waals surface area contributed by atoms with Crippen LogP contribution in [0.1, 0.15) is 18.4 Å². The fourth-order valence-electron chi connectivity index (χ4n) is 2.60. The Morgan fingerprint density at radius 1 is 1.12 bits per heavy atom. The number of amides is 2. The largest absolute Gasteiger partial charge is 0.351 e. The van der Waals surface area contributed by atoms with Gasteiger partial charge in [0, 0.05) is 19.4 Å². The van der Waals surface area contributed by atoms with Crippen LogP contribution in [-0.2, 0) is 16.0 Å². The molecule has 1 heterocycles. The Morgan fingerprint density at radius 3 is 2.68 bits per heavy atom. The van der Waals surface area contributed by atoms with Gasteiger partial charge in [-0.3, -0.25) is 9.59 Å². The molecule has 0 unspecified atom stereocenters. The molecule has 1 aliphatic rings. The summed E-state index contributed by atoms with van der Waals surface area (Å²) in [6.45, 7) is 0.376. The van der Waals surface area contributed by atoms with E-state index in [0.717, 1.165) is 5.56 Å². The number of hydrazone groups is 1. The van der Waals surface area contributed by atoms with E-state index in [1.807, 2.05) is 24.3 Å². The summed E-state index contributed by atoms with van der Waals surface area (Å²) in [6.07, 6.45) is 1.08. The van der Waals surface area contributed by atoms with Gasteiger partial charge in [0.15, 0.2) is 0 Å². The highest BCUT2D eigenvalue weighted by molar-refractivity contribution is 6.40. The lowest BCUT2D eigenvalue weighted by atomic mass is 10.1. The Labute approximate surface area is 145 Å². The highest BCUT2D eigenvalue weighted by Gasteiger charge is 2.25. The second-order valence-corrected chi connectivity index (χ2v) is 5.72. The van der Waals surface area contributed by atoms with Crippen LogP contribution in [-0.4, -0.2) is 24.1 Å². The van der Waals surface area contributed by atoms with Crippen molar-refractivity contribution in [2.24, 2.45) is 5.10 Å². The number of halogens is 1. The molecule has 0 aromatic heterocycles. The summed E-state index contributed by atoms with van der Waals surface area (Å²) in [4.78, 5) is 24.3. The first kappa shape index (κ1) is 16.8. The normalized spacial score (nSPS) is 14.2. The Morgan fingerprint density at radius 2 is 1.92 bits per heavy atom. The summed E-state index contributed by atoms with van der Waals surface area (Å²) in [5.41, 5.74) is 1.77. The zero-order chi connectivity index (χ0) is 17.6. The van der Waals surface area contributed by atoms with Crippen LogP contribution in [0.25, 0.3) is 0 Å². The number of rotatable bonds is 5. The van der Waals surface area contributed by atoms with Gasteiger partial charge in [-0.05, 0) is 36.2 Å². The molecule has 128 valence electrons. The molecule has 0 atom stereocenters. The Kier molecular flexibility index (Phi) is 5.18. The van der Waals surface area contributed by atoms with Gasteiger partial charge in [0.05, 0.1) is 5.69 Å². The molecule has 0 fully saturated rings. The second-order valence-electron chi connectivity index (χ2n) is 5.72. The van der Waals surface area contributed by atoms with E-state index in [1.165, 1.54) is 17.1 Å². The van der Waals surface area contributed by atoms with Crippen LogP contribution < -0.4 is 10.3 Å². The number of carbonyl (C=O) groups is 2. The number of anilines is 1. The van der Waals surface area contributed by atoms with Crippen molar-refractivity contribution in [3.8, 4) is 0 Å². The van der Waals surface area contributed by atoms with Crippen molar-refractivity contribution < 1.29 is 14.0 Å². The van der Waals surface area contributed by atoms with Crippen molar-refractivity contribution in [3.05, 3.63) is 66.0 Å². The third-order valence-corrected chi connectivity index (χ3v) is 3.88.